The molecule has 0 fully saturated rings. The van der Waals surface area contributed by atoms with Gasteiger partial charge in [0.1, 0.15) is 11.4 Å². The zero-order valence-corrected chi connectivity index (χ0v) is 9.80. The fourth-order valence-electron chi connectivity index (χ4n) is 1.70. The Morgan fingerprint density at radius 1 is 1.17 bits per heavy atom. The first-order valence-corrected chi connectivity index (χ1v) is 5.20. The summed E-state index contributed by atoms with van der Waals surface area (Å²) < 4.78 is 42.8. The van der Waals surface area contributed by atoms with E-state index < -0.39 is 11.9 Å². The van der Waals surface area contributed by atoms with Crippen LogP contribution in [-0.4, -0.2) is 17.3 Å². The van der Waals surface area contributed by atoms with Gasteiger partial charge in [-0.05, 0) is 31.2 Å². The number of halogens is 3. The first kappa shape index (κ1) is 12.5. The average molecular weight is 256 g/mol. The van der Waals surface area contributed by atoms with Gasteiger partial charge < -0.3 is 4.74 Å². The third kappa shape index (κ3) is 2.18. The van der Waals surface area contributed by atoms with Gasteiger partial charge in [0.2, 0.25) is 0 Å². The third-order valence-electron chi connectivity index (χ3n) is 2.66. The Morgan fingerprint density at radius 3 is 2.22 bits per heavy atom. The highest BCUT2D eigenvalue weighted by Gasteiger charge is 2.35. The molecule has 0 bridgehead atoms. The molecule has 2 aromatic rings. The number of rotatable bonds is 2. The number of alkyl halides is 3. The molecule has 6 heteroatoms. The average Bonchev–Trinajstić information content (AvgIpc) is 2.71. The number of aromatic amines is 1. The molecule has 0 aliphatic carbocycles. The minimum absolute atomic E-state index is 0.0904. The molecule has 0 aliphatic heterocycles. The van der Waals surface area contributed by atoms with Crippen LogP contribution in [0.15, 0.2) is 24.3 Å². The predicted octanol–water partition coefficient (Wildman–Crippen LogP) is 3.41. The maximum absolute atomic E-state index is 12.6. The summed E-state index contributed by atoms with van der Waals surface area (Å²) in [6.07, 6.45) is -4.41. The smallest absolute Gasteiger partial charge is 0.433 e. The molecule has 0 spiro atoms. The molecule has 0 saturated heterocycles. The molecule has 1 heterocycles. The first-order chi connectivity index (χ1) is 8.43. The maximum Gasteiger partial charge on any atom is 0.433 e. The van der Waals surface area contributed by atoms with Crippen molar-refractivity contribution in [2.24, 2.45) is 0 Å². The van der Waals surface area contributed by atoms with E-state index in [-0.39, 0.29) is 5.56 Å². The second-order valence-electron chi connectivity index (χ2n) is 3.80. The Labute approximate surface area is 102 Å². The van der Waals surface area contributed by atoms with Crippen molar-refractivity contribution in [3.8, 4) is 17.0 Å². The number of ether oxygens (including phenoxy) is 1. The topological polar surface area (TPSA) is 37.9 Å². The lowest BCUT2D eigenvalue weighted by atomic mass is 10.1. The zero-order chi connectivity index (χ0) is 13.3. The van der Waals surface area contributed by atoms with E-state index in [1.165, 1.54) is 14.0 Å². The van der Waals surface area contributed by atoms with Gasteiger partial charge in [-0.3, -0.25) is 5.10 Å². The van der Waals surface area contributed by atoms with Gasteiger partial charge in [0.15, 0.2) is 0 Å². The monoisotopic (exact) mass is 256 g/mol. The van der Waals surface area contributed by atoms with E-state index in [9.17, 15) is 13.2 Å². The summed E-state index contributed by atoms with van der Waals surface area (Å²) >= 11 is 0. The van der Waals surface area contributed by atoms with E-state index in [1.807, 2.05) is 5.10 Å². The lowest BCUT2D eigenvalue weighted by molar-refractivity contribution is -0.141. The maximum atomic E-state index is 12.6. The highest BCUT2D eigenvalue weighted by Crippen LogP contribution is 2.34. The Bertz CT molecular complexity index is 543. The van der Waals surface area contributed by atoms with Crippen molar-refractivity contribution in [2.75, 3.05) is 7.11 Å². The number of methoxy groups -OCH3 is 1. The molecule has 0 amide bonds. The normalized spacial score (nSPS) is 11.6. The zero-order valence-electron chi connectivity index (χ0n) is 9.80. The van der Waals surface area contributed by atoms with Crippen LogP contribution >= 0.6 is 0 Å². The first-order valence-electron chi connectivity index (χ1n) is 5.20. The molecule has 3 nitrogen and oxygen atoms in total. The Kier molecular flexibility index (Phi) is 3.02. The van der Waals surface area contributed by atoms with E-state index in [1.54, 1.807) is 24.3 Å². The molecule has 0 saturated carbocycles. The number of hydrogen-bond acceptors (Lipinski definition) is 2. The van der Waals surface area contributed by atoms with Gasteiger partial charge in [-0.1, -0.05) is 0 Å². The van der Waals surface area contributed by atoms with Gasteiger partial charge in [-0.25, -0.2) is 0 Å². The molecule has 18 heavy (non-hydrogen) atoms. The largest absolute Gasteiger partial charge is 0.497 e. The second kappa shape index (κ2) is 4.36. The third-order valence-corrected chi connectivity index (χ3v) is 2.66. The minimum atomic E-state index is -4.41. The molecule has 0 unspecified atom stereocenters. The van der Waals surface area contributed by atoms with Crippen molar-refractivity contribution in [2.45, 2.75) is 13.1 Å². The second-order valence-corrected chi connectivity index (χ2v) is 3.80. The quantitative estimate of drug-likeness (QED) is 0.894. The molecule has 96 valence electrons. The highest BCUT2D eigenvalue weighted by atomic mass is 19.4. The van der Waals surface area contributed by atoms with Crippen LogP contribution in [0, 0.1) is 6.92 Å². The van der Waals surface area contributed by atoms with Crippen molar-refractivity contribution in [1.29, 1.82) is 0 Å². The summed E-state index contributed by atoms with van der Waals surface area (Å²) in [6, 6.07) is 6.69. The number of hydrogen-bond donors (Lipinski definition) is 1. The molecule has 1 aromatic carbocycles. The summed E-state index contributed by atoms with van der Waals surface area (Å²) in [5.74, 6) is 0.642. The fourth-order valence-corrected chi connectivity index (χ4v) is 1.70. The van der Waals surface area contributed by atoms with Gasteiger partial charge >= 0.3 is 6.18 Å². The van der Waals surface area contributed by atoms with E-state index in [2.05, 4.69) is 5.10 Å². The van der Waals surface area contributed by atoms with Crippen molar-refractivity contribution in [1.82, 2.24) is 10.2 Å². The number of benzene rings is 1. The SMILES string of the molecule is COc1ccc(-c2n[nH]c(C(F)(F)F)c2C)cc1. The Hall–Kier alpha value is -1.98. The van der Waals surface area contributed by atoms with Crippen LogP contribution in [0.4, 0.5) is 13.2 Å². The van der Waals surface area contributed by atoms with E-state index in [4.69, 9.17) is 4.74 Å². The highest BCUT2D eigenvalue weighted by molar-refractivity contribution is 5.64. The number of H-pyrrole nitrogens is 1. The lowest BCUT2D eigenvalue weighted by Crippen LogP contribution is -2.07. The molecule has 1 N–H and O–H groups in total. The van der Waals surface area contributed by atoms with Crippen LogP contribution in [0.1, 0.15) is 11.3 Å². The van der Waals surface area contributed by atoms with Crippen LogP contribution in [0.3, 0.4) is 0 Å². The van der Waals surface area contributed by atoms with Gasteiger partial charge in [0.25, 0.3) is 0 Å². The minimum Gasteiger partial charge on any atom is -0.497 e. The fraction of sp³-hybridized carbons (Fsp3) is 0.250. The molecular weight excluding hydrogens is 245 g/mol. The van der Waals surface area contributed by atoms with Gasteiger partial charge in [0, 0.05) is 11.1 Å². The Morgan fingerprint density at radius 2 is 1.78 bits per heavy atom. The standard InChI is InChI=1S/C12H11F3N2O/c1-7-10(16-17-11(7)12(13,14)15)8-3-5-9(18-2)6-4-8/h3-6H,1-2H3,(H,16,17). The summed E-state index contributed by atoms with van der Waals surface area (Å²) in [7, 11) is 1.52. The van der Waals surface area contributed by atoms with Crippen molar-refractivity contribution in [3.05, 3.63) is 35.5 Å². The van der Waals surface area contributed by atoms with Crippen LogP contribution in [0.2, 0.25) is 0 Å². The van der Waals surface area contributed by atoms with Crippen LogP contribution in [-0.2, 0) is 6.18 Å². The van der Waals surface area contributed by atoms with Crippen molar-refractivity contribution < 1.29 is 17.9 Å². The van der Waals surface area contributed by atoms with Crippen LogP contribution < -0.4 is 4.74 Å². The van der Waals surface area contributed by atoms with Crippen molar-refractivity contribution >= 4 is 0 Å². The molecular formula is C12H11F3N2O. The van der Waals surface area contributed by atoms with E-state index in [0.29, 0.717) is 17.0 Å². The van der Waals surface area contributed by atoms with E-state index in [0.717, 1.165) is 0 Å². The molecule has 0 radical (unpaired) electrons. The number of nitrogens with zero attached hydrogens (tertiary/aromatic N) is 1. The molecule has 0 atom stereocenters. The van der Waals surface area contributed by atoms with Gasteiger partial charge in [-0.15, -0.1) is 0 Å². The van der Waals surface area contributed by atoms with Crippen LogP contribution in [0.25, 0.3) is 11.3 Å². The number of nitrogens with one attached hydrogen (secondary N) is 1. The van der Waals surface area contributed by atoms with E-state index >= 15 is 0 Å². The molecule has 2 rings (SSSR count). The summed E-state index contributed by atoms with van der Waals surface area (Å²) in [6.45, 7) is 1.39. The summed E-state index contributed by atoms with van der Waals surface area (Å²) in [5, 5.41) is 5.76. The molecule has 1 aromatic heterocycles. The van der Waals surface area contributed by atoms with Gasteiger partial charge in [0.05, 0.1) is 12.8 Å². The van der Waals surface area contributed by atoms with Crippen LogP contribution in [0.5, 0.6) is 5.75 Å². The summed E-state index contributed by atoms with van der Waals surface area (Å²) in [4.78, 5) is 0. The summed E-state index contributed by atoms with van der Waals surface area (Å²) in [5.41, 5.74) is 0.186. The Balaban J connectivity index is 2.42. The lowest BCUT2D eigenvalue weighted by Gasteiger charge is -2.05. The van der Waals surface area contributed by atoms with Gasteiger partial charge in [-0.2, -0.15) is 18.3 Å². The predicted molar refractivity (Wildman–Crippen MR) is 60.3 cm³/mol. The number of aromatic nitrogens is 2. The molecule has 0 aliphatic rings. The van der Waals surface area contributed by atoms with Crippen molar-refractivity contribution in [3.63, 3.8) is 0 Å².